The molecule has 0 aromatic carbocycles. The van der Waals surface area contributed by atoms with Crippen molar-refractivity contribution < 1.29 is 8.78 Å². The second kappa shape index (κ2) is 1.96. The Balaban J connectivity index is 2.96. The van der Waals surface area contributed by atoms with E-state index >= 15 is 0 Å². The summed E-state index contributed by atoms with van der Waals surface area (Å²) in [6.07, 6.45) is 1.22. The predicted octanol–water partition coefficient (Wildman–Crippen LogP) is 2.88. The quantitative estimate of drug-likeness (QED) is 0.525. The van der Waals surface area contributed by atoms with Crippen molar-refractivity contribution in [1.82, 2.24) is 0 Å². The molecule has 4 heteroatoms. The van der Waals surface area contributed by atoms with Gasteiger partial charge in [0.2, 0.25) is 0 Å². The summed E-state index contributed by atoms with van der Waals surface area (Å²) >= 11 is 10.5. The van der Waals surface area contributed by atoms with E-state index in [1.165, 1.54) is 0 Å². The fourth-order valence-corrected chi connectivity index (χ4v) is 0.918. The summed E-state index contributed by atoms with van der Waals surface area (Å²) in [4.78, 5) is 0. The van der Waals surface area contributed by atoms with Crippen LogP contribution >= 0.6 is 23.2 Å². The van der Waals surface area contributed by atoms with Crippen LogP contribution in [0.4, 0.5) is 8.78 Å². The van der Waals surface area contributed by atoms with Crippen molar-refractivity contribution in [2.24, 2.45) is 0 Å². The lowest BCUT2D eigenvalue weighted by atomic mass is 10.4. The van der Waals surface area contributed by atoms with Crippen molar-refractivity contribution >= 4 is 23.2 Å². The summed E-state index contributed by atoms with van der Waals surface area (Å²) in [5.74, 6) is -2.95. The Morgan fingerprint density at radius 1 is 1.11 bits per heavy atom. The van der Waals surface area contributed by atoms with Gasteiger partial charge < -0.3 is 0 Å². The Labute approximate surface area is 60.8 Å². The Bertz CT molecular complexity index is 173. The van der Waals surface area contributed by atoms with Crippen LogP contribution in [0.2, 0.25) is 0 Å². The molecule has 1 rings (SSSR count). The van der Waals surface area contributed by atoms with Crippen molar-refractivity contribution in [2.75, 3.05) is 0 Å². The molecule has 0 heterocycles. The van der Waals surface area contributed by atoms with Gasteiger partial charge in [-0.1, -0.05) is 23.2 Å². The van der Waals surface area contributed by atoms with Crippen molar-refractivity contribution in [3.05, 3.63) is 22.2 Å². The van der Waals surface area contributed by atoms with Gasteiger partial charge in [0.1, 0.15) is 0 Å². The van der Waals surface area contributed by atoms with Crippen LogP contribution in [0.5, 0.6) is 0 Å². The molecule has 0 aromatic rings. The summed E-state index contributed by atoms with van der Waals surface area (Å²) in [5, 5.41) is -0.164. The first-order valence-electron chi connectivity index (χ1n) is 2.16. The molecule has 9 heavy (non-hydrogen) atoms. The van der Waals surface area contributed by atoms with Crippen LogP contribution in [0.1, 0.15) is 0 Å². The van der Waals surface area contributed by atoms with Gasteiger partial charge in [-0.3, -0.25) is 0 Å². The topological polar surface area (TPSA) is 0 Å². The third-order valence-corrected chi connectivity index (χ3v) is 1.59. The van der Waals surface area contributed by atoms with E-state index in [1.54, 1.807) is 0 Å². The first kappa shape index (κ1) is 7.03. The van der Waals surface area contributed by atoms with Crippen LogP contribution in [0.3, 0.4) is 0 Å². The molecule has 0 radical (unpaired) electrons. The Morgan fingerprint density at radius 2 is 1.44 bits per heavy atom. The van der Waals surface area contributed by atoms with E-state index in [-0.39, 0.29) is 10.1 Å². The van der Waals surface area contributed by atoms with Crippen LogP contribution in [-0.4, -0.2) is 5.92 Å². The zero-order valence-electron chi connectivity index (χ0n) is 4.17. The van der Waals surface area contributed by atoms with Crippen LogP contribution in [0, 0.1) is 0 Å². The molecule has 0 atom stereocenters. The lowest BCUT2D eigenvalue weighted by Gasteiger charge is -1.97. The van der Waals surface area contributed by atoms with Gasteiger partial charge in [-0.15, -0.1) is 0 Å². The van der Waals surface area contributed by atoms with E-state index in [0.29, 0.717) is 12.2 Å². The van der Waals surface area contributed by atoms with Gasteiger partial charge in [0.05, 0.1) is 10.1 Å². The molecular formula is C5H2Cl2F2. The molecule has 0 aromatic heterocycles. The Kier molecular flexibility index (Phi) is 1.53. The first-order chi connectivity index (χ1) is 4.01. The van der Waals surface area contributed by atoms with Crippen LogP contribution < -0.4 is 0 Å². The van der Waals surface area contributed by atoms with Gasteiger partial charge in [0, 0.05) is 12.2 Å². The largest absolute Gasteiger partial charge is 0.288 e. The van der Waals surface area contributed by atoms with E-state index in [9.17, 15) is 8.78 Å². The highest BCUT2D eigenvalue weighted by Gasteiger charge is 2.30. The summed E-state index contributed by atoms with van der Waals surface area (Å²) in [5.41, 5.74) is 0. The Hall–Kier alpha value is -0.0800. The third kappa shape index (κ3) is 1.43. The molecule has 0 spiro atoms. The van der Waals surface area contributed by atoms with Gasteiger partial charge in [0.15, 0.2) is 0 Å². The molecule has 1 aliphatic carbocycles. The molecule has 0 amide bonds. The van der Waals surface area contributed by atoms with Crippen LogP contribution in [-0.2, 0) is 0 Å². The van der Waals surface area contributed by atoms with E-state index in [0.717, 1.165) is 0 Å². The third-order valence-electron chi connectivity index (χ3n) is 0.866. The summed E-state index contributed by atoms with van der Waals surface area (Å²) in [6, 6.07) is 0. The van der Waals surface area contributed by atoms with Crippen molar-refractivity contribution in [1.29, 1.82) is 0 Å². The summed E-state index contributed by atoms with van der Waals surface area (Å²) in [7, 11) is 0. The number of hydrogen-bond acceptors (Lipinski definition) is 0. The molecule has 0 unspecified atom stereocenters. The minimum Gasteiger partial charge on any atom is -0.197 e. The number of halogens is 4. The number of rotatable bonds is 0. The van der Waals surface area contributed by atoms with Gasteiger partial charge in [0.25, 0.3) is 5.92 Å². The highest BCUT2D eigenvalue weighted by molar-refractivity contribution is 6.44. The maximum atomic E-state index is 12.1. The number of hydrogen-bond donors (Lipinski definition) is 0. The molecule has 0 saturated carbocycles. The average molecular weight is 171 g/mol. The average Bonchev–Trinajstić information content (AvgIpc) is 1.79. The molecule has 1 aliphatic rings. The molecule has 0 saturated heterocycles. The Morgan fingerprint density at radius 3 is 1.56 bits per heavy atom. The van der Waals surface area contributed by atoms with Gasteiger partial charge in [-0.2, -0.15) is 8.78 Å². The first-order valence-corrected chi connectivity index (χ1v) is 2.92. The zero-order chi connectivity index (χ0) is 7.07. The standard InChI is InChI=1S/C5H2Cl2F2/c6-3-1-5(8,9)2-4(3)7/h1-2H. The number of alkyl halides is 2. The van der Waals surface area contributed by atoms with Gasteiger partial charge in [-0.25, -0.2) is 0 Å². The molecule has 0 aliphatic heterocycles. The molecule has 0 nitrogen and oxygen atoms in total. The highest BCUT2D eigenvalue weighted by atomic mass is 35.5. The number of allylic oxidation sites excluding steroid dienone is 4. The monoisotopic (exact) mass is 170 g/mol. The normalized spacial score (nSPS) is 23.6. The highest BCUT2D eigenvalue weighted by Crippen LogP contribution is 2.35. The molecule has 50 valence electrons. The van der Waals surface area contributed by atoms with Crippen molar-refractivity contribution in [2.45, 2.75) is 5.92 Å². The lowest BCUT2D eigenvalue weighted by molar-refractivity contribution is 0.114. The van der Waals surface area contributed by atoms with Crippen molar-refractivity contribution in [3.8, 4) is 0 Å². The van der Waals surface area contributed by atoms with E-state index in [4.69, 9.17) is 23.2 Å². The fourth-order valence-electron chi connectivity index (χ4n) is 0.517. The predicted molar refractivity (Wildman–Crippen MR) is 32.8 cm³/mol. The lowest BCUT2D eigenvalue weighted by Crippen LogP contribution is -2.02. The minimum atomic E-state index is -2.95. The van der Waals surface area contributed by atoms with Crippen molar-refractivity contribution in [3.63, 3.8) is 0 Å². The summed E-state index contributed by atoms with van der Waals surface area (Å²) in [6.45, 7) is 0. The summed E-state index contributed by atoms with van der Waals surface area (Å²) < 4.78 is 24.2. The second-order valence-electron chi connectivity index (χ2n) is 1.66. The fraction of sp³-hybridized carbons (Fsp3) is 0.200. The molecule has 0 N–H and O–H groups in total. The smallest absolute Gasteiger partial charge is 0.197 e. The molecule has 0 fully saturated rings. The zero-order valence-corrected chi connectivity index (χ0v) is 5.68. The SMILES string of the molecule is FC1(F)C=C(Cl)C(Cl)=C1. The van der Waals surface area contributed by atoms with E-state index < -0.39 is 5.92 Å². The second-order valence-corrected chi connectivity index (χ2v) is 2.47. The maximum absolute atomic E-state index is 12.1. The molecule has 0 bridgehead atoms. The maximum Gasteiger partial charge on any atom is 0.288 e. The van der Waals surface area contributed by atoms with E-state index in [2.05, 4.69) is 0 Å². The minimum absolute atomic E-state index is 0.0818. The van der Waals surface area contributed by atoms with E-state index in [1.807, 2.05) is 0 Å². The molecular weight excluding hydrogens is 169 g/mol. The van der Waals surface area contributed by atoms with Gasteiger partial charge in [-0.05, 0) is 0 Å². The van der Waals surface area contributed by atoms with Crippen LogP contribution in [0.25, 0.3) is 0 Å². The van der Waals surface area contributed by atoms with Crippen LogP contribution in [0.15, 0.2) is 22.2 Å². The van der Waals surface area contributed by atoms with Gasteiger partial charge >= 0.3 is 0 Å².